The monoisotopic (exact) mass is 301 g/mol. The van der Waals surface area contributed by atoms with Crippen molar-refractivity contribution in [2.24, 2.45) is 0 Å². The minimum Gasteiger partial charge on any atom is -0.339 e. The molecule has 2 aromatic carbocycles. The van der Waals surface area contributed by atoms with Gasteiger partial charge in [0.2, 0.25) is 5.78 Å². The molecule has 23 heavy (non-hydrogen) atoms. The fourth-order valence-corrected chi connectivity index (χ4v) is 3.31. The highest BCUT2D eigenvalue weighted by molar-refractivity contribution is 6.52. The van der Waals surface area contributed by atoms with Crippen molar-refractivity contribution in [1.82, 2.24) is 4.57 Å². The average Bonchev–Trinajstić information content (AvgIpc) is 2.90. The topological polar surface area (TPSA) is 39.1 Å². The van der Waals surface area contributed by atoms with Crippen LogP contribution >= 0.6 is 0 Å². The molecule has 4 rings (SSSR count). The van der Waals surface area contributed by atoms with Gasteiger partial charge in [0.15, 0.2) is 0 Å². The number of rotatable bonds is 2. The SMILES string of the molecule is Cc1cn(Cc2ccccc2)c2c1-c1ccccc1C(=O)C2=O. The van der Waals surface area contributed by atoms with Crippen molar-refractivity contribution < 1.29 is 9.59 Å². The van der Waals surface area contributed by atoms with Crippen LogP contribution in [0.2, 0.25) is 0 Å². The van der Waals surface area contributed by atoms with E-state index in [1.165, 1.54) is 0 Å². The molecular weight excluding hydrogens is 286 g/mol. The normalized spacial score (nSPS) is 12.9. The Labute approximate surface area is 134 Å². The zero-order valence-electron chi connectivity index (χ0n) is 12.7. The summed E-state index contributed by atoms with van der Waals surface area (Å²) in [6, 6.07) is 17.3. The third kappa shape index (κ3) is 2.05. The van der Waals surface area contributed by atoms with Crippen molar-refractivity contribution in [3.05, 3.63) is 83.2 Å². The predicted octanol–water partition coefficient (Wildman–Crippen LogP) is 3.89. The summed E-state index contributed by atoms with van der Waals surface area (Å²) in [4.78, 5) is 25.1. The largest absolute Gasteiger partial charge is 0.339 e. The van der Waals surface area contributed by atoms with Crippen LogP contribution in [0.1, 0.15) is 32.0 Å². The van der Waals surface area contributed by atoms with Gasteiger partial charge < -0.3 is 4.57 Å². The van der Waals surface area contributed by atoms with Crippen molar-refractivity contribution in [2.45, 2.75) is 13.5 Å². The molecule has 3 heteroatoms. The fourth-order valence-electron chi connectivity index (χ4n) is 3.31. The zero-order chi connectivity index (χ0) is 16.0. The van der Waals surface area contributed by atoms with E-state index < -0.39 is 11.6 Å². The van der Waals surface area contributed by atoms with Crippen LogP contribution in [0, 0.1) is 6.92 Å². The molecule has 3 nitrogen and oxygen atoms in total. The zero-order valence-corrected chi connectivity index (χ0v) is 12.7. The summed E-state index contributed by atoms with van der Waals surface area (Å²) in [6.07, 6.45) is 1.96. The third-order valence-corrected chi connectivity index (χ3v) is 4.33. The summed E-state index contributed by atoms with van der Waals surface area (Å²) in [7, 11) is 0. The summed E-state index contributed by atoms with van der Waals surface area (Å²) in [5.74, 6) is -0.830. The number of aromatic nitrogens is 1. The molecule has 0 aliphatic heterocycles. The summed E-state index contributed by atoms with van der Waals surface area (Å²) in [5.41, 5.74) is 4.88. The molecule has 0 unspecified atom stereocenters. The Kier molecular flexibility index (Phi) is 3.01. The molecule has 1 aromatic heterocycles. The van der Waals surface area contributed by atoms with Crippen molar-refractivity contribution in [2.75, 3.05) is 0 Å². The maximum absolute atomic E-state index is 12.6. The standard InChI is InChI=1S/C20H15NO2/c1-13-11-21(12-14-7-3-2-4-8-14)18-17(13)15-9-5-6-10-16(15)19(22)20(18)23/h2-11H,12H2,1H3. The van der Waals surface area contributed by atoms with Gasteiger partial charge in [-0.15, -0.1) is 0 Å². The maximum atomic E-state index is 12.6. The summed E-state index contributed by atoms with van der Waals surface area (Å²) in [6.45, 7) is 2.57. The molecule has 1 heterocycles. The van der Waals surface area contributed by atoms with Gasteiger partial charge >= 0.3 is 0 Å². The highest BCUT2D eigenvalue weighted by atomic mass is 16.2. The van der Waals surface area contributed by atoms with Crippen molar-refractivity contribution in [1.29, 1.82) is 0 Å². The smallest absolute Gasteiger partial charge is 0.250 e. The first-order chi connectivity index (χ1) is 11.2. The van der Waals surface area contributed by atoms with Crippen LogP contribution in [0.25, 0.3) is 11.1 Å². The van der Waals surface area contributed by atoms with Crippen LogP contribution in [-0.2, 0) is 6.54 Å². The molecule has 112 valence electrons. The van der Waals surface area contributed by atoms with Crippen LogP contribution in [0.15, 0.2) is 60.8 Å². The highest BCUT2D eigenvalue weighted by Crippen LogP contribution is 2.37. The first kappa shape index (κ1) is 13.7. The molecule has 0 atom stereocenters. The molecule has 0 amide bonds. The van der Waals surface area contributed by atoms with E-state index in [1.807, 2.05) is 60.2 Å². The van der Waals surface area contributed by atoms with Gasteiger partial charge in [-0.05, 0) is 23.6 Å². The number of Topliss-reactive ketones (excluding diaryl/α,β-unsaturated/α-hetero) is 2. The van der Waals surface area contributed by atoms with Gasteiger partial charge in [0.05, 0.1) is 0 Å². The average molecular weight is 301 g/mol. The predicted molar refractivity (Wildman–Crippen MR) is 88.8 cm³/mol. The van der Waals surface area contributed by atoms with Crippen molar-refractivity contribution >= 4 is 11.6 Å². The second-order valence-corrected chi connectivity index (χ2v) is 5.85. The van der Waals surface area contributed by atoms with E-state index >= 15 is 0 Å². The molecule has 1 aliphatic carbocycles. The number of carbonyl (C=O) groups excluding carboxylic acids is 2. The van der Waals surface area contributed by atoms with Gasteiger partial charge in [0.25, 0.3) is 5.78 Å². The quantitative estimate of drug-likeness (QED) is 0.674. The van der Waals surface area contributed by atoms with E-state index in [4.69, 9.17) is 0 Å². The molecule has 0 saturated heterocycles. The van der Waals surface area contributed by atoms with E-state index in [9.17, 15) is 9.59 Å². The molecule has 3 aromatic rings. The van der Waals surface area contributed by atoms with E-state index in [0.29, 0.717) is 17.8 Å². The Morgan fingerprint density at radius 3 is 2.22 bits per heavy atom. The molecule has 0 N–H and O–H groups in total. The number of fused-ring (bicyclic) bond motifs is 3. The van der Waals surface area contributed by atoms with Gasteiger partial charge in [0.1, 0.15) is 5.69 Å². The Morgan fingerprint density at radius 2 is 1.48 bits per heavy atom. The summed E-state index contributed by atoms with van der Waals surface area (Å²) >= 11 is 0. The molecule has 0 bridgehead atoms. The number of hydrogen-bond acceptors (Lipinski definition) is 2. The Morgan fingerprint density at radius 1 is 0.826 bits per heavy atom. The van der Waals surface area contributed by atoms with Gasteiger partial charge in [-0.1, -0.05) is 54.6 Å². The van der Waals surface area contributed by atoms with Crippen LogP contribution in [0.3, 0.4) is 0 Å². The molecule has 1 aliphatic rings. The Hall–Kier alpha value is -2.94. The number of hydrogen-bond donors (Lipinski definition) is 0. The van der Waals surface area contributed by atoms with Gasteiger partial charge in [-0.3, -0.25) is 9.59 Å². The Balaban J connectivity index is 1.92. The van der Waals surface area contributed by atoms with E-state index in [1.54, 1.807) is 12.1 Å². The first-order valence-corrected chi connectivity index (χ1v) is 7.59. The van der Waals surface area contributed by atoms with Gasteiger partial charge in [0, 0.05) is 23.9 Å². The van der Waals surface area contributed by atoms with Crippen LogP contribution in [-0.4, -0.2) is 16.1 Å². The highest BCUT2D eigenvalue weighted by Gasteiger charge is 2.34. The number of carbonyl (C=O) groups is 2. The molecule has 0 radical (unpaired) electrons. The minimum atomic E-state index is -0.416. The van der Waals surface area contributed by atoms with Crippen molar-refractivity contribution in [3.8, 4) is 11.1 Å². The molecule has 0 spiro atoms. The molecule has 0 saturated carbocycles. The molecular formula is C20H15NO2. The van der Waals surface area contributed by atoms with E-state index in [0.717, 1.165) is 22.3 Å². The van der Waals surface area contributed by atoms with Crippen LogP contribution < -0.4 is 0 Å². The lowest BCUT2D eigenvalue weighted by Crippen LogP contribution is -2.24. The number of benzene rings is 2. The lowest BCUT2D eigenvalue weighted by atomic mass is 9.86. The number of aryl methyl sites for hydroxylation is 1. The van der Waals surface area contributed by atoms with Crippen LogP contribution in [0.5, 0.6) is 0 Å². The lowest BCUT2D eigenvalue weighted by molar-refractivity contribution is 0.0810. The third-order valence-electron chi connectivity index (χ3n) is 4.33. The second-order valence-electron chi connectivity index (χ2n) is 5.85. The van der Waals surface area contributed by atoms with Gasteiger partial charge in [-0.2, -0.15) is 0 Å². The summed E-state index contributed by atoms with van der Waals surface area (Å²) < 4.78 is 1.90. The maximum Gasteiger partial charge on any atom is 0.250 e. The summed E-state index contributed by atoms with van der Waals surface area (Å²) in [5, 5.41) is 0. The second kappa shape index (κ2) is 5.06. The minimum absolute atomic E-state index is 0.414. The van der Waals surface area contributed by atoms with Crippen molar-refractivity contribution in [3.63, 3.8) is 0 Å². The van der Waals surface area contributed by atoms with E-state index in [-0.39, 0.29) is 0 Å². The molecule has 0 fully saturated rings. The Bertz CT molecular complexity index is 936. The fraction of sp³-hybridized carbons (Fsp3) is 0.100. The van der Waals surface area contributed by atoms with E-state index in [2.05, 4.69) is 0 Å². The lowest BCUT2D eigenvalue weighted by Gasteiger charge is -2.17. The first-order valence-electron chi connectivity index (χ1n) is 7.59. The van der Waals surface area contributed by atoms with Gasteiger partial charge in [-0.25, -0.2) is 0 Å². The number of ketones is 2. The number of nitrogens with zero attached hydrogens (tertiary/aromatic N) is 1. The van der Waals surface area contributed by atoms with Crippen LogP contribution in [0.4, 0.5) is 0 Å².